The Morgan fingerprint density at radius 3 is 2.73 bits per heavy atom. The van der Waals surface area contributed by atoms with Crippen LogP contribution in [0.4, 0.5) is 5.13 Å². The molecule has 2 fully saturated rings. The number of thiazole rings is 1. The van der Waals surface area contributed by atoms with Gasteiger partial charge in [0.25, 0.3) is 0 Å². The third-order valence-electron chi connectivity index (χ3n) is 7.62. The SMILES string of the molecule is Cc1ccc(OCc2ccc(CN3CCOCC3)cc2C)c(-c2csc(N3CC[C@@H](C=O)C(C)C3)n2)c1. The van der Waals surface area contributed by atoms with Crippen LogP contribution in [0.3, 0.4) is 0 Å². The molecule has 196 valence electrons. The van der Waals surface area contributed by atoms with E-state index in [9.17, 15) is 4.79 Å². The van der Waals surface area contributed by atoms with Gasteiger partial charge in [0.1, 0.15) is 18.6 Å². The first-order valence-electron chi connectivity index (χ1n) is 13.3. The first-order chi connectivity index (χ1) is 18.0. The molecule has 2 aliphatic rings. The topological polar surface area (TPSA) is 54.9 Å². The maximum Gasteiger partial charge on any atom is 0.185 e. The third kappa shape index (κ3) is 6.22. The van der Waals surface area contributed by atoms with Crippen LogP contribution in [0.15, 0.2) is 41.8 Å². The maximum absolute atomic E-state index is 11.3. The van der Waals surface area contributed by atoms with E-state index in [2.05, 4.69) is 72.3 Å². The molecule has 3 heterocycles. The van der Waals surface area contributed by atoms with E-state index in [1.165, 1.54) is 22.3 Å². The lowest BCUT2D eigenvalue weighted by atomic mass is 9.88. The van der Waals surface area contributed by atoms with Crippen molar-refractivity contribution in [2.24, 2.45) is 11.8 Å². The molecule has 2 aromatic carbocycles. The van der Waals surface area contributed by atoms with Crippen LogP contribution in [0.1, 0.15) is 35.6 Å². The Bertz CT molecular complexity index is 1220. The highest BCUT2D eigenvalue weighted by Crippen LogP contribution is 2.36. The molecule has 0 radical (unpaired) electrons. The molecular weight excluding hydrogens is 482 g/mol. The highest BCUT2D eigenvalue weighted by Gasteiger charge is 2.27. The van der Waals surface area contributed by atoms with Gasteiger partial charge in [0, 0.05) is 49.6 Å². The monoisotopic (exact) mass is 519 g/mol. The van der Waals surface area contributed by atoms with Gasteiger partial charge in [-0.05, 0) is 55.0 Å². The number of morpholine rings is 1. The molecule has 0 aliphatic carbocycles. The largest absolute Gasteiger partial charge is 0.488 e. The average molecular weight is 520 g/mol. The lowest BCUT2D eigenvalue weighted by Crippen LogP contribution is -2.39. The van der Waals surface area contributed by atoms with Gasteiger partial charge in [0.05, 0.1) is 18.9 Å². The second-order valence-corrected chi connectivity index (χ2v) is 11.3. The van der Waals surface area contributed by atoms with Crippen LogP contribution < -0.4 is 9.64 Å². The van der Waals surface area contributed by atoms with Gasteiger partial charge in [-0.15, -0.1) is 11.3 Å². The Labute approximate surface area is 224 Å². The molecule has 6 nitrogen and oxygen atoms in total. The number of carbonyl (C=O) groups excluding carboxylic acids is 1. The summed E-state index contributed by atoms with van der Waals surface area (Å²) in [7, 11) is 0. The van der Waals surface area contributed by atoms with Crippen molar-refractivity contribution < 1.29 is 14.3 Å². The van der Waals surface area contributed by atoms with Gasteiger partial charge in [-0.3, -0.25) is 4.90 Å². The summed E-state index contributed by atoms with van der Waals surface area (Å²) in [6.07, 6.45) is 2.01. The molecule has 1 aromatic heterocycles. The molecule has 5 rings (SSSR count). The zero-order chi connectivity index (χ0) is 25.8. The number of hydrogen-bond acceptors (Lipinski definition) is 7. The van der Waals surface area contributed by atoms with Crippen LogP contribution in [-0.2, 0) is 22.7 Å². The van der Waals surface area contributed by atoms with E-state index in [0.717, 1.165) is 80.8 Å². The van der Waals surface area contributed by atoms with Crippen LogP contribution in [-0.4, -0.2) is 55.6 Å². The fraction of sp³-hybridized carbons (Fsp3) is 0.467. The van der Waals surface area contributed by atoms with Gasteiger partial charge in [-0.2, -0.15) is 0 Å². The summed E-state index contributed by atoms with van der Waals surface area (Å²) in [6, 6.07) is 13.0. The highest BCUT2D eigenvalue weighted by molar-refractivity contribution is 7.14. The number of hydrogen-bond donors (Lipinski definition) is 0. The van der Waals surface area contributed by atoms with Crippen molar-refractivity contribution >= 4 is 22.8 Å². The van der Waals surface area contributed by atoms with E-state index in [4.69, 9.17) is 14.5 Å². The van der Waals surface area contributed by atoms with E-state index < -0.39 is 0 Å². The molecule has 0 saturated carbocycles. The van der Waals surface area contributed by atoms with Crippen LogP contribution in [0.2, 0.25) is 0 Å². The summed E-state index contributed by atoms with van der Waals surface area (Å²) in [4.78, 5) is 21.1. The molecule has 37 heavy (non-hydrogen) atoms. The van der Waals surface area contributed by atoms with Gasteiger partial charge in [-0.25, -0.2) is 4.98 Å². The molecule has 0 bridgehead atoms. The minimum Gasteiger partial charge on any atom is -0.488 e. The summed E-state index contributed by atoms with van der Waals surface area (Å²) in [5.74, 6) is 1.36. The molecule has 1 unspecified atom stereocenters. The van der Waals surface area contributed by atoms with Gasteiger partial charge in [-0.1, -0.05) is 36.8 Å². The molecule has 2 saturated heterocycles. The fourth-order valence-electron chi connectivity index (χ4n) is 5.23. The number of benzene rings is 2. The van der Waals surface area contributed by atoms with Crippen LogP contribution >= 0.6 is 11.3 Å². The van der Waals surface area contributed by atoms with Crippen molar-refractivity contribution in [3.63, 3.8) is 0 Å². The van der Waals surface area contributed by atoms with E-state index in [-0.39, 0.29) is 5.92 Å². The quantitative estimate of drug-likeness (QED) is 0.367. The van der Waals surface area contributed by atoms with Gasteiger partial charge >= 0.3 is 0 Å². The van der Waals surface area contributed by atoms with Crippen molar-refractivity contribution in [2.45, 2.75) is 40.3 Å². The van der Waals surface area contributed by atoms with Crippen molar-refractivity contribution in [3.05, 3.63) is 64.0 Å². The first-order valence-corrected chi connectivity index (χ1v) is 14.2. The van der Waals surface area contributed by atoms with Gasteiger partial charge in [0.15, 0.2) is 5.13 Å². The van der Waals surface area contributed by atoms with Crippen LogP contribution in [0.25, 0.3) is 11.3 Å². The summed E-state index contributed by atoms with van der Waals surface area (Å²) in [5.41, 5.74) is 6.94. The number of carbonyl (C=O) groups is 1. The normalized spacial score (nSPS) is 20.7. The fourth-order valence-corrected chi connectivity index (χ4v) is 6.10. The van der Waals surface area contributed by atoms with Gasteiger partial charge < -0.3 is 19.2 Å². The number of nitrogens with zero attached hydrogens (tertiary/aromatic N) is 3. The van der Waals surface area contributed by atoms with Crippen molar-refractivity contribution in [1.82, 2.24) is 9.88 Å². The van der Waals surface area contributed by atoms with E-state index >= 15 is 0 Å². The first kappa shape index (κ1) is 25.9. The molecule has 0 spiro atoms. The summed E-state index contributed by atoms with van der Waals surface area (Å²) in [5, 5.41) is 3.14. The maximum atomic E-state index is 11.3. The summed E-state index contributed by atoms with van der Waals surface area (Å²) >= 11 is 1.67. The number of ether oxygens (including phenoxy) is 2. The molecule has 7 heteroatoms. The number of aromatic nitrogens is 1. The summed E-state index contributed by atoms with van der Waals surface area (Å²) in [6.45, 7) is 13.3. The van der Waals surface area contributed by atoms with Crippen molar-refractivity contribution in [1.29, 1.82) is 0 Å². The summed E-state index contributed by atoms with van der Waals surface area (Å²) < 4.78 is 11.9. The Balaban J connectivity index is 1.27. The lowest BCUT2D eigenvalue weighted by molar-refractivity contribution is -0.112. The van der Waals surface area contributed by atoms with E-state index in [1.807, 2.05) is 0 Å². The average Bonchev–Trinajstić information content (AvgIpc) is 3.40. The number of anilines is 1. The van der Waals surface area contributed by atoms with Crippen molar-refractivity contribution in [2.75, 3.05) is 44.3 Å². The smallest absolute Gasteiger partial charge is 0.185 e. The second kappa shape index (κ2) is 11.8. The number of aryl methyl sites for hydroxylation is 2. The molecule has 2 aliphatic heterocycles. The highest BCUT2D eigenvalue weighted by atomic mass is 32.1. The number of aldehydes is 1. The number of rotatable bonds is 8. The minimum absolute atomic E-state index is 0.157. The van der Waals surface area contributed by atoms with E-state index in [0.29, 0.717) is 12.5 Å². The number of piperidine rings is 1. The Morgan fingerprint density at radius 1 is 1.14 bits per heavy atom. The van der Waals surface area contributed by atoms with Crippen molar-refractivity contribution in [3.8, 4) is 17.0 Å². The second-order valence-electron chi connectivity index (χ2n) is 10.5. The Morgan fingerprint density at radius 2 is 1.97 bits per heavy atom. The zero-order valence-corrected chi connectivity index (χ0v) is 22.9. The Kier molecular flexibility index (Phi) is 8.23. The van der Waals surface area contributed by atoms with Crippen LogP contribution in [0, 0.1) is 25.7 Å². The lowest BCUT2D eigenvalue weighted by Gasteiger charge is -2.34. The zero-order valence-electron chi connectivity index (χ0n) is 22.1. The van der Waals surface area contributed by atoms with Gasteiger partial charge in [0.2, 0.25) is 0 Å². The molecule has 2 atom stereocenters. The molecular formula is C30H37N3O3S. The minimum atomic E-state index is 0.157. The standard InChI is InChI=1S/C30H37N3O3S/c1-21-4-7-29(36-19-26-6-5-24(15-22(26)2)17-32-10-12-35-13-11-32)27(14-21)28-20-37-30(31-28)33-9-8-25(18-34)23(3)16-33/h4-7,14-15,18,20,23,25H,8-13,16-17,19H2,1-3H3/t23?,25-/m0/s1. The predicted octanol–water partition coefficient (Wildman–Crippen LogP) is 5.50. The molecule has 3 aromatic rings. The molecule has 0 amide bonds. The third-order valence-corrected chi connectivity index (χ3v) is 8.52. The predicted molar refractivity (Wildman–Crippen MR) is 149 cm³/mol. The Hall–Kier alpha value is -2.74. The molecule has 0 N–H and O–H groups in total. The van der Waals surface area contributed by atoms with E-state index in [1.54, 1.807) is 11.3 Å². The van der Waals surface area contributed by atoms with Crippen LogP contribution in [0.5, 0.6) is 5.75 Å².